The van der Waals surface area contributed by atoms with Gasteiger partial charge in [0, 0.05) is 5.56 Å². The summed E-state index contributed by atoms with van der Waals surface area (Å²) in [5, 5.41) is 0. The average Bonchev–Trinajstić information content (AvgIpc) is 2.81. The third-order valence-electron chi connectivity index (χ3n) is 5.03. The molecule has 0 aliphatic heterocycles. The zero-order valence-corrected chi connectivity index (χ0v) is 13.3. The molecule has 2 aromatic carbocycles. The molecule has 4 rings (SSSR count). The number of hydrogen-bond donors (Lipinski definition) is 0. The maximum Gasteiger partial charge on any atom is 0.171 e. The SMILES string of the molecule is O=C1c2ccccc2CC12CCc1c(ccc(F)c1F)C2Br. The molecule has 2 unspecified atom stereocenters. The molecule has 22 heavy (non-hydrogen) atoms. The lowest BCUT2D eigenvalue weighted by atomic mass is 9.69. The molecule has 4 heteroatoms. The van der Waals surface area contributed by atoms with Crippen molar-refractivity contribution in [1.82, 2.24) is 0 Å². The Morgan fingerprint density at radius 2 is 1.91 bits per heavy atom. The number of hydrogen-bond acceptors (Lipinski definition) is 1. The first-order valence-electron chi connectivity index (χ1n) is 7.28. The summed E-state index contributed by atoms with van der Waals surface area (Å²) in [6.07, 6.45) is 1.57. The molecule has 2 aliphatic carbocycles. The molecule has 2 atom stereocenters. The molecule has 0 amide bonds. The van der Waals surface area contributed by atoms with E-state index in [1.807, 2.05) is 24.3 Å². The lowest BCUT2D eigenvalue weighted by Crippen LogP contribution is -2.37. The molecule has 2 aliphatic rings. The van der Waals surface area contributed by atoms with Crippen LogP contribution in [0.15, 0.2) is 36.4 Å². The third kappa shape index (κ3) is 1.70. The van der Waals surface area contributed by atoms with E-state index in [-0.39, 0.29) is 10.6 Å². The van der Waals surface area contributed by atoms with Crippen LogP contribution in [0.1, 0.15) is 38.3 Å². The van der Waals surface area contributed by atoms with Gasteiger partial charge in [-0.1, -0.05) is 46.3 Å². The second-order valence-corrected chi connectivity index (χ2v) is 7.03. The molecule has 0 radical (unpaired) electrons. The summed E-state index contributed by atoms with van der Waals surface area (Å²) in [5.74, 6) is -1.49. The van der Waals surface area contributed by atoms with Gasteiger partial charge in [-0.15, -0.1) is 0 Å². The molecular weight excluding hydrogens is 350 g/mol. The molecule has 0 bridgehead atoms. The van der Waals surface area contributed by atoms with E-state index in [0.29, 0.717) is 30.4 Å². The topological polar surface area (TPSA) is 17.1 Å². The zero-order valence-electron chi connectivity index (χ0n) is 11.7. The van der Waals surface area contributed by atoms with Crippen molar-refractivity contribution >= 4 is 21.7 Å². The number of ketones is 1. The summed E-state index contributed by atoms with van der Waals surface area (Å²) in [4.78, 5) is 12.7. The highest BCUT2D eigenvalue weighted by Crippen LogP contribution is 2.56. The molecule has 1 nitrogen and oxygen atoms in total. The van der Waals surface area contributed by atoms with Gasteiger partial charge in [-0.25, -0.2) is 8.78 Å². The number of fused-ring (bicyclic) bond motifs is 2. The molecule has 1 spiro atoms. The van der Waals surface area contributed by atoms with Gasteiger partial charge >= 0.3 is 0 Å². The molecule has 0 N–H and O–H groups in total. The summed E-state index contributed by atoms with van der Waals surface area (Å²) < 4.78 is 27.4. The predicted octanol–water partition coefficient (Wildman–Crippen LogP) is 4.77. The summed E-state index contributed by atoms with van der Waals surface area (Å²) in [6, 6.07) is 10.4. The smallest absolute Gasteiger partial charge is 0.171 e. The van der Waals surface area contributed by atoms with E-state index < -0.39 is 17.0 Å². The Balaban J connectivity index is 1.84. The molecule has 0 heterocycles. The Morgan fingerprint density at radius 3 is 2.68 bits per heavy atom. The highest BCUT2D eigenvalue weighted by molar-refractivity contribution is 9.09. The Morgan fingerprint density at radius 1 is 1.14 bits per heavy atom. The van der Waals surface area contributed by atoms with E-state index in [2.05, 4.69) is 15.9 Å². The van der Waals surface area contributed by atoms with Gasteiger partial charge in [0.2, 0.25) is 0 Å². The normalized spacial score (nSPS) is 26.1. The van der Waals surface area contributed by atoms with Crippen LogP contribution in [-0.4, -0.2) is 5.78 Å². The van der Waals surface area contributed by atoms with Crippen molar-refractivity contribution < 1.29 is 13.6 Å². The first-order valence-corrected chi connectivity index (χ1v) is 8.20. The van der Waals surface area contributed by atoms with Crippen LogP contribution in [0.3, 0.4) is 0 Å². The number of benzene rings is 2. The van der Waals surface area contributed by atoms with Crippen molar-refractivity contribution in [3.63, 3.8) is 0 Å². The van der Waals surface area contributed by atoms with Crippen LogP contribution in [0, 0.1) is 17.0 Å². The van der Waals surface area contributed by atoms with Crippen LogP contribution in [-0.2, 0) is 12.8 Å². The lowest BCUT2D eigenvalue weighted by molar-refractivity contribution is 0.0791. The molecule has 112 valence electrons. The standard InChI is InChI=1S/C18H13BrF2O/c19-16-13-5-6-14(20)15(21)12(13)7-8-18(16)9-10-3-1-2-4-11(10)17(18)22/h1-6,16H,7-9H2. The van der Waals surface area contributed by atoms with E-state index in [9.17, 15) is 13.6 Å². The number of Topliss-reactive ketones (excluding diaryl/α,β-unsaturated/α-hetero) is 1. The molecule has 0 saturated heterocycles. The van der Waals surface area contributed by atoms with Crippen LogP contribution >= 0.6 is 15.9 Å². The fraction of sp³-hybridized carbons (Fsp3) is 0.278. The predicted molar refractivity (Wildman–Crippen MR) is 83.3 cm³/mol. The minimum absolute atomic E-state index is 0.111. The van der Waals surface area contributed by atoms with Gasteiger partial charge < -0.3 is 0 Å². The van der Waals surface area contributed by atoms with Crippen LogP contribution in [0.5, 0.6) is 0 Å². The van der Waals surface area contributed by atoms with Crippen molar-refractivity contribution in [1.29, 1.82) is 0 Å². The molecule has 0 aromatic heterocycles. The fourth-order valence-corrected chi connectivity index (χ4v) is 4.89. The van der Waals surface area contributed by atoms with Crippen molar-refractivity contribution in [3.05, 3.63) is 70.3 Å². The zero-order chi connectivity index (χ0) is 15.5. The number of halogens is 3. The van der Waals surface area contributed by atoms with Gasteiger partial charge in [0.05, 0.1) is 10.2 Å². The third-order valence-corrected chi connectivity index (χ3v) is 6.40. The fourth-order valence-electron chi connectivity index (χ4n) is 3.86. The van der Waals surface area contributed by atoms with Gasteiger partial charge in [0.1, 0.15) is 0 Å². The van der Waals surface area contributed by atoms with Gasteiger partial charge in [0.15, 0.2) is 17.4 Å². The Labute approximate surface area is 135 Å². The largest absolute Gasteiger partial charge is 0.293 e. The molecule has 0 fully saturated rings. The van der Waals surface area contributed by atoms with Crippen LogP contribution < -0.4 is 0 Å². The maximum absolute atomic E-state index is 14.0. The molecule has 0 saturated carbocycles. The Bertz CT molecular complexity index is 802. The van der Waals surface area contributed by atoms with Crippen LogP contribution in [0.25, 0.3) is 0 Å². The Kier molecular flexibility index (Phi) is 3.02. The second-order valence-electron chi connectivity index (χ2n) is 6.11. The van der Waals surface area contributed by atoms with E-state index in [4.69, 9.17) is 0 Å². The van der Waals surface area contributed by atoms with E-state index in [1.165, 1.54) is 0 Å². The summed E-state index contributed by atoms with van der Waals surface area (Å²) in [7, 11) is 0. The minimum atomic E-state index is -0.824. The average molecular weight is 363 g/mol. The maximum atomic E-state index is 14.0. The first kappa shape index (κ1) is 14.1. The highest BCUT2D eigenvalue weighted by Gasteiger charge is 2.52. The number of alkyl halides is 1. The van der Waals surface area contributed by atoms with Gasteiger partial charge in [0.25, 0.3) is 0 Å². The number of carbonyl (C=O) groups excluding carboxylic acids is 1. The number of rotatable bonds is 0. The van der Waals surface area contributed by atoms with Crippen molar-refractivity contribution in [2.75, 3.05) is 0 Å². The van der Waals surface area contributed by atoms with Gasteiger partial charge in [-0.05, 0) is 42.0 Å². The molecule has 2 aromatic rings. The number of carbonyl (C=O) groups is 1. The van der Waals surface area contributed by atoms with E-state index in [0.717, 1.165) is 17.2 Å². The summed E-state index contributed by atoms with van der Waals surface area (Å²) in [6.45, 7) is 0. The Hall–Kier alpha value is -1.55. The quantitative estimate of drug-likeness (QED) is 0.616. The van der Waals surface area contributed by atoms with E-state index in [1.54, 1.807) is 6.07 Å². The lowest BCUT2D eigenvalue weighted by Gasteiger charge is -2.38. The van der Waals surface area contributed by atoms with Crippen LogP contribution in [0.2, 0.25) is 0 Å². The van der Waals surface area contributed by atoms with Crippen molar-refractivity contribution in [2.45, 2.75) is 24.1 Å². The van der Waals surface area contributed by atoms with Gasteiger partial charge in [-0.3, -0.25) is 4.79 Å². The van der Waals surface area contributed by atoms with Crippen molar-refractivity contribution in [2.24, 2.45) is 5.41 Å². The van der Waals surface area contributed by atoms with Crippen molar-refractivity contribution in [3.8, 4) is 0 Å². The second kappa shape index (κ2) is 4.72. The molecular formula is C18H13BrF2O. The first-order chi connectivity index (χ1) is 10.5. The highest BCUT2D eigenvalue weighted by atomic mass is 79.9. The minimum Gasteiger partial charge on any atom is -0.293 e. The summed E-state index contributed by atoms with van der Waals surface area (Å²) >= 11 is 3.62. The van der Waals surface area contributed by atoms with Crippen LogP contribution in [0.4, 0.5) is 8.78 Å². The summed E-state index contributed by atoms with van der Waals surface area (Å²) in [5.41, 5.74) is 2.32. The van der Waals surface area contributed by atoms with Gasteiger partial charge in [-0.2, -0.15) is 0 Å². The van der Waals surface area contributed by atoms with E-state index >= 15 is 0 Å². The monoisotopic (exact) mass is 362 g/mol.